The first-order chi connectivity index (χ1) is 9.15. The Kier molecular flexibility index (Phi) is 6.98. The van der Waals surface area contributed by atoms with Crippen LogP contribution in [0, 0.1) is 0 Å². The number of amides is 2. The lowest BCUT2D eigenvalue weighted by Gasteiger charge is -2.02. The van der Waals surface area contributed by atoms with E-state index in [1.165, 1.54) is 11.3 Å². The Labute approximate surface area is 116 Å². The van der Waals surface area contributed by atoms with Crippen molar-refractivity contribution >= 4 is 28.3 Å². The fraction of sp³-hybridized carbons (Fsp3) is 0.636. The quantitative estimate of drug-likeness (QED) is 0.594. The fourth-order valence-corrected chi connectivity index (χ4v) is 2.14. The predicted molar refractivity (Wildman–Crippen MR) is 73.8 cm³/mol. The van der Waals surface area contributed by atoms with Gasteiger partial charge in [-0.3, -0.25) is 14.9 Å². The molecule has 106 valence electrons. The minimum atomic E-state index is -0.368. The normalized spacial score (nSPS) is 10.2. The van der Waals surface area contributed by atoms with Crippen molar-refractivity contribution in [2.24, 2.45) is 5.73 Å². The van der Waals surface area contributed by atoms with E-state index in [0.717, 1.165) is 30.7 Å². The number of hydrogen-bond donors (Lipinski definition) is 3. The first-order valence-corrected chi connectivity index (χ1v) is 7.06. The Balaban J connectivity index is 2.32. The van der Waals surface area contributed by atoms with Gasteiger partial charge in [-0.15, -0.1) is 10.2 Å². The number of nitrogens with two attached hydrogens (primary N) is 1. The number of nitrogens with zero attached hydrogens (tertiary/aromatic N) is 2. The number of anilines is 1. The molecule has 19 heavy (non-hydrogen) atoms. The minimum absolute atomic E-state index is 0.110. The van der Waals surface area contributed by atoms with Crippen molar-refractivity contribution in [2.45, 2.75) is 32.6 Å². The summed E-state index contributed by atoms with van der Waals surface area (Å²) in [5.41, 5.74) is 5.11. The molecule has 1 heterocycles. The third-order valence-corrected chi connectivity index (χ3v) is 3.24. The molecular weight excluding hydrogens is 266 g/mol. The maximum atomic E-state index is 11.5. The molecule has 0 spiro atoms. The average molecular weight is 285 g/mol. The van der Waals surface area contributed by atoms with Gasteiger partial charge in [0, 0.05) is 6.42 Å². The summed E-state index contributed by atoms with van der Waals surface area (Å²) in [5, 5.41) is 14.2. The molecule has 0 unspecified atom stereocenters. The summed E-state index contributed by atoms with van der Waals surface area (Å²) < 4.78 is 0. The van der Waals surface area contributed by atoms with Crippen LogP contribution in [0.5, 0.6) is 0 Å². The topological polar surface area (TPSA) is 110 Å². The van der Waals surface area contributed by atoms with Crippen molar-refractivity contribution in [1.82, 2.24) is 15.5 Å². The zero-order valence-electron chi connectivity index (χ0n) is 10.9. The number of unbranched alkanes of at least 4 members (excludes halogenated alkanes) is 2. The summed E-state index contributed by atoms with van der Waals surface area (Å²) in [6.45, 7) is 1.90. The molecule has 0 saturated heterocycles. The van der Waals surface area contributed by atoms with Crippen LogP contribution in [-0.4, -0.2) is 35.1 Å². The van der Waals surface area contributed by atoms with Crippen LogP contribution >= 0.6 is 11.3 Å². The number of rotatable bonds is 8. The third-order valence-electron chi connectivity index (χ3n) is 2.34. The molecule has 0 aliphatic heterocycles. The maximum Gasteiger partial charge on any atom is 0.245 e. The highest BCUT2D eigenvalue weighted by Crippen LogP contribution is 2.17. The van der Waals surface area contributed by atoms with E-state index < -0.39 is 0 Å². The number of carbonyl (C=O) groups is 2. The van der Waals surface area contributed by atoms with Gasteiger partial charge in [-0.1, -0.05) is 31.1 Å². The van der Waals surface area contributed by atoms with Gasteiger partial charge in [0.05, 0.1) is 13.1 Å². The Morgan fingerprint density at radius 1 is 1.26 bits per heavy atom. The first-order valence-electron chi connectivity index (χ1n) is 6.24. The van der Waals surface area contributed by atoms with E-state index in [1.54, 1.807) is 0 Å². The van der Waals surface area contributed by atoms with Gasteiger partial charge in [-0.25, -0.2) is 0 Å². The van der Waals surface area contributed by atoms with Crippen LogP contribution in [-0.2, 0) is 16.0 Å². The maximum absolute atomic E-state index is 11.5. The molecule has 0 fully saturated rings. The summed E-state index contributed by atoms with van der Waals surface area (Å²) in [6.07, 6.45) is 4.27. The van der Waals surface area contributed by atoms with E-state index in [2.05, 4.69) is 27.8 Å². The van der Waals surface area contributed by atoms with Gasteiger partial charge >= 0.3 is 0 Å². The highest BCUT2D eigenvalue weighted by Gasteiger charge is 2.08. The SMILES string of the molecule is CCCCCc1nnc(NC(=O)CNC(=O)CN)s1. The Hall–Kier alpha value is -1.54. The smallest absolute Gasteiger partial charge is 0.245 e. The third kappa shape index (κ3) is 6.25. The van der Waals surface area contributed by atoms with Gasteiger partial charge in [0.25, 0.3) is 0 Å². The van der Waals surface area contributed by atoms with Crippen molar-refractivity contribution in [2.75, 3.05) is 18.4 Å². The molecule has 1 aromatic rings. The van der Waals surface area contributed by atoms with Crippen LogP contribution in [0.25, 0.3) is 0 Å². The molecule has 8 heteroatoms. The summed E-state index contributed by atoms with van der Waals surface area (Å²) >= 11 is 1.36. The van der Waals surface area contributed by atoms with E-state index in [-0.39, 0.29) is 24.9 Å². The fourth-order valence-electron chi connectivity index (χ4n) is 1.35. The van der Waals surface area contributed by atoms with Gasteiger partial charge in [0.1, 0.15) is 5.01 Å². The molecule has 0 saturated carbocycles. The second-order valence-electron chi connectivity index (χ2n) is 3.99. The Morgan fingerprint density at radius 3 is 2.74 bits per heavy atom. The number of hydrogen-bond acceptors (Lipinski definition) is 6. The van der Waals surface area contributed by atoms with Crippen molar-refractivity contribution in [1.29, 1.82) is 0 Å². The summed E-state index contributed by atoms with van der Waals surface area (Å²) in [6, 6.07) is 0. The van der Waals surface area contributed by atoms with E-state index in [1.807, 2.05) is 0 Å². The molecule has 0 aromatic carbocycles. The largest absolute Gasteiger partial charge is 0.346 e. The summed E-state index contributed by atoms with van der Waals surface area (Å²) in [4.78, 5) is 22.4. The van der Waals surface area contributed by atoms with Crippen LogP contribution in [0.4, 0.5) is 5.13 Å². The van der Waals surface area contributed by atoms with Crippen LogP contribution in [0.15, 0.2) is 0 Å². The Bertz CT molecular complexity index is 421. The zero-order valence-corrected chi connectivity index (χ0v) is 11.8. The van der Waals surface area contributed by atoms with Crippen molar-refractivity contribution < 1.29 is 9.59 Å². The van der Waals surface area contributed by atoms with E-state index in [0.29, 0.717) is 5.13 Å². The highest BCUT2D eigenvalue weighted by atomic mass is 32.1. The molecule has 0 aliphatic carbocycles. The number of aryl methyl sites for hydroxylation is 1. The second-order valence-corrected chi connectivity index (χ2v) is 5.05. The van der Waals surface area contributed by atoms with Crippen LogP contribution < -0.4 is 16.4 Å². The number of aromatic nitrogens is 2. The minimum Gasteiger partial charge on any atom is -0.346 e. The molecular formula is C11H19N5O2S. The van der Waals surface area contributed by atoms with Crippen molar-refractivity contribution in [3.05, 3.63) is 5.01 Å². The highest BCUT2D eigenvalue weighted by molar-refractivity contribution is 7.15. The molecule has 7 nitrogen and oxygen atoms in total. The van der Waals surface area contributed by atoms with Crippen LogP contribution in [0.1, 0.15) is 31.2 Å². The molecule has 0 bridgehead atoms. The van der Waals surface area contributed by atoms with E-state index in [4.69, 9.17) is 5.73 Å². The molecule has 4 N–H and O–H groups in total. The number of carbonyl (C=O) groups excluding carboxylic acids is 2. The molecule has 0 atom stereocenters. The number of nitrogens with one attached hydrogen (secondary N) is 2. The molecule has 0 aliphatic rings. The predicted octanol–water partition coefficient (Wildman–Crippen LogP) is 0.284. The van der Waals surface area contributed by atoms with Gasteiger partial charge in [-0.2, -0.15) is 0 Å². The Morgan fingerprint density at radius 2 is 2.05 bits per heavy atom. The lowest BCUT2D eigenvalue weighted by atomic mass is 10.2. The lowest BCUT2D eigenvalue weighted by molar-refractivity contribution is -0.123. The standard InChI is InChI=1S/C11H19N5O2S/c1-2-3-4-5-10-15-16-11(19-10)14-9(18)7-13-8(17)6-12/h2-7,12H2,1H3,(H,13,17)(H,14,16,18). The first kappa shape index (κ1) is 15.5. The average Bonchev–Trinajstić information content (AvgIpc) is 2.84. The summed E-state index contributed by atoms with van der Waals surface area (Å²) in [5.74, 6) is -0.703. The molecule has 2 amide bonds. The molecule has 1 aromatic heterocycles. The summed E-state index contributed by atoms with van der Waals surface area (Å²) in [7, 11) is 0. The van der Waals surface area contributed by atoms with Gasteiger partial charge in [0.2, 0.25) is 16.9 Å². The van der Waals surface area contributed by atoms with Gasteiger partial charge < -0.3 is 11.1 Å². The second kappa shape index (κ2) is 8.54. The van der Waals surface area contributed by atoms with E-state index in [9.17, 15) is 9.59 Å². The van der Waals surface area contributed by atoms with E-state index >= 15 is 0 Å². The van der Waals surface area contributed by atoms with Gasteiger partial charge in [0.15, 0.2) is 0 Å². The van der Waals surface area contributed by atoms with Crippen molar-refractivity contribution in [3.63, 3.8) is 0 Å². The molecule has 0 radical (unpaired) electrons. The monoisotopic (exact) mass is 285 g/mol. The lowest BCUT2D eigenvalue weighted by Crippen LogP contribution is -2.36. The van der Waals surface area contributed by atoms with Crippen LogP contribution in [0.3, 0.4) is 0 Å². The van der Waals surface area contributed by atoms with Crippen molar-refractivity contribution in [3.8, 4) is 0 Å². The molecule has 1 rings (SSSR count). The zero-order chi connectivity index (χ0) is 14.1. The van der Waals surface area contributed by atoms with Crippen LogP contribution in [0.2, 0.25) is 0 Å². The van der Waals surface area contributed by atoms with Gasteiger partial charge in [-0.05, 0) is 6.42 Å².